The number of hydrogen-bond donors (Lipinski definition) is 6. The van der Waals surface area contributed by atoms with Gasteiger partial charge in [0.05, 0.1) is 12.4 Å². The van der Waals surface area contributed by atoms with Gasteiger partial charge in [-0.25, -0.2) is 9.78 Å². The van der Waals surface area contributed by atoms with Gasteiger partial charge in [-0.3, -0.25) is 9.59 Å². The second-order valence-electron chi connectivity index (χ2n) is 5.84. The molecule has 0 spiro atoms. The van der Waals surface area contributed by atoms with Crippen LogP contribution in [0.15, 0.2) is 12.5 Å². The summed E-state index contributed by atoms with van der Waals surface area (Å²) in [4.78, 5) is 42.5. The minimum absolute atomic E-state index is 0.0540. The van der Waals surface area contributed by atoms with E-state index >= 15 is 0 Å². The van der Waals surface area contributed by atoms with Crippen molar-refractivity contribution in [1.29, 1.82) is 0 Å². The first kappa shape index (κ1) is 21.0. The zero-order valence-corrected chi connectivity index (χ0v) is 15.1. The van der Waals surface area contributed by atoms with Crippen molar-refractivity contribution in [2.45, 2.75) is 44.8 Å². The number of nitrogens with one attached hydrogen (secondary N) is 3. The number of imidazole rings is 1. The van der Waals surface area contributed by atoms with Crippen LogP contribution in [0.2, 0.25) is 0 Å². The summed E-state index contributed by atoms with van der Waals surface area (Å²) in [6.07, 6.45) is 3.91. The molecule has 1 rings (SSSR count). The fourth-order valence-corrected chi connectivity index (χ4v) is 2.38. The third-order valence-electron chi connectivity index (χ3n) is 3.92. The summed E-state index contributed by atoms with van der Waals surface area (Å²) in [5.41, 5.74) is 6.58. The van der Waals surface area contributed by atoms with Gasteiger partial charge in [-0.2, -0.15) is 12.6 Å². The highest BCUT2D eigenvalue weighted by Crippen LogP contribution is 2.09. The number of carboxylic acids is 1. The number of rotatable bonds is 10. The van der Waals surface area contributed by atoms with Gasteiger partial charge >= 0.3 is 5.97 Å². The van der Waals surface area contributed by atoms with E-state index in [0.717, 1.165) is 0 Å². The topological polar surface area (TPSA) is 150 Å². The maximum atomic E-state index is 12.4. The Hall–Kier alpha value is -2.07. The highest BCUT2D eigenvalue weighted by Gasteiger charge is 2.30. The van der Waals surface area contributed by atoms with Crippen molar-refractivity contribution < 1.29 is 19.5 Å². The molecule has 0 saturated carbocycles. The number of carboxylic acid groups (broad SMARTS) is 1. The third-order valence-corrected chi connectivity index (χ3v) is 4.29. The van der Waals surface area contributed by atoms with Gasteiger partial charge in [-0.15, -0.1) is 0 Å². The maximum Gasteiger partial charge on any atom is 0.327 e. The molecule has 0 aliphatic heterocycles. The van der Waals surface area contributed by atoms with Crippen LogP contribution in [-0.2, 0) is 20.8 Å². The zero-order valence-electron chi connectivity index (χ0n) is 14.2. The quantitative estimate of drug-likeness (QED) is 0.300. The number of nitrogens with two attached hydrogens (primary N) is 1. The summed E-state index contributed by atoms with van der Waals surface area (Å²) in [7, 11) is 0. The van der Waals surface area contributed by atoms with Crippen molar-refractivity contribution in [2.24, 2.45) is 11.7 Å². The first-order chi connectivity index (χ1) is 11.8. The Morgan fingerprint density at radius 1 is 1.36 bits per heavy atom. The van der Waals surface area contributed by atoms with Gasteiger partial charge in [-0.1, -0.05) is 20.3 Å². The van der Waals surface area contributed by atoms with Gasteiger partial charge < -0.3 is 26.5 Å². The molecule has 25 heavy (non-hydrogen) atoms. The molecule has 0 saturated heterocycles. The molecule has 10 heteroatoms. The predicted molar refractivity (Wildman–Crippen MR) is 95.1 cm³/mol. The number of nitrogens with zero attached hydrogens (tertiary/aromatic N) is 1. The molecule has 0 aromatic carbocycles. The monoisotopic (exact) mass is 371 g/mol. The van der Waals surface area contributed by atoms with Crippen LogP contribution >= 0.6 is 12.6 Å². The number of aromatic amines is 1. The molecule has 1 aromatic rings. The highest BCUT2D eigenvalue weighted by molar-refractivity contribution is 7.80. The van der Waals surface area contributed by atoms with E-state index < -0.39 is 35.9 Å². The van der Waals surface area contributed by atoms with Crippen LogP contribution in [-0.4, -0.2) is 56.7 Å². The van der Waals surface area contributed by atoms with E-state index in [1.165, 1.54) is 6.33 Å². The summed E-state index contributed by atoms with van der Waals surface area (Å²) >= 11 is 3.91. The molecule has 0 radical (unpaired) electrons. The number of thiol groups is 1. The number of aromatic nitrogens is 2. The van der Waals surface area contributed by atoms with Crippen molar-refractivity contribution >= 4 is 30.4 Å². The Labute approximate surface area is 151 Å². The molecule has 0 bridgehead atoms. The zero-order chi connectivity index (χ0) is 19.0. The Morgan fingerprint density at radius 3 is 2.52 bits per heavy atom. The molecule has 2 amide bonds. The van der Waals surface area contributed by atoms with Gasteiger partial charge in [-0.05, 0) is 5.92 Å². The summed E-state index contributed by atoms with van der Waals surface area (Å²) in [6.45, 7) is 3.66. The largest absolute Gasteiger partial charge is 0.480 e. The fourth-order valence-electron chi connectivity index (χ4n) is 2.14. The first-order valence-electron chi connectivity index (χ1n) is 7.97. The number of hydrogen-bond acceptors (Lipinski definition) is 6. The Bertz CT molecular complexity index is 580. The standard InChI is InChI=1S/C15H25N5O4S/c1-3-8(2)12(14(22)19-11(6-25)15(23)24)20-13(21)10(16)4-9-5-17-7-18-9/h5,7-8,10-12,25H,3-4,6,16H2,1-2H3,(H,17,18)(H,19,22)(H,20,21)(H,23,24). The van der Waals surface area contributed by atoms with Crippen LogP contribution in [0.3, 0.4) is 0 Å². The Balaban J connectivity index is 2.75. The fraction of sp³-hybridized carbons (Fsp3) is 0.600. The van der Waals surface area contributed by atoms with Crippen LogP contribution in [0.1, 0.15) is 26.0 Å². The normalized spacial score (nSPS) is 15.7. The van der Waals surface area contributed by atoms with Crippen molar-refractivity contribution in [3.63, 3.8) is 0 Å². The minimum atomic E-state index is -1.19. The van der Waals surface area contributed by atoms with Crippen molar-refractivity contribution in [1.82, 2.24) is 20.6 Å². The van der Waals surface area contributed by atoms with E-state index in [1.807, 2.05) is 6.92 Å². The molecular formula is C15H25N5O4S. The Morgan fingerprint density at radius 2 is 2.04 bits per heavy atom. The third kappa shape index (κ3) is 6.39. The van der Waals surface area contributed by atoms with Crippen LogP contribution in [0.4, 0.5) is 0 Å². The molecule has 9 nitrogen and oxygen atoms in total. The van der Waals surface area contributed by atoms with Crippen LogP contribution in [0, 0.1) is 5.92 Å². The molecule has 4 atom stereocenters. The molecular weight excluding hydrogens is 346 g/mol. The van der Waals surface area contributed by atoms with Gasteiger partial charge in [0.25, 0.3) is 0 Å². The summed E-state index contributed by atoms with van der Waals surface area (Å²) < 4.78 is 0. The Kier molecular flexibility index (Phi) is 8.42. The van der Waals surface area contributed by atoms with Crippen molar-refractivity contribution in [2.75, 3.05) is 5.75 Å². The van der Waals surface area contributed by atoms with E-state index in [0.29, 0.717) is 12.1 Å². The smallest absolute Gasteiger partial charge is 0.327 e. The first-order valence-corrected chi connectivity index (χ1v) is 8.60. The van der Waals surface area contributed by atoms with E-state index in [1.54, 1.807) is 13.1 Å². The van der Waals surface area contributed by atoms with Crippen molar-refractivity contribution in [3.05, 3.63) is 18.2 Å². The summed E-state index contributed by atoms with van der Waals surface area (Å²) in [6, 6.07) is -2.87. The lowest BCUT2D eigenvalue weighted by Gasteiger charge is -2.26. The molecule has 140 valence electrons. The molecule has 4 unspecified atom stereocenters. The van der Waals surface area contributed by atoms with Crippen LogP contribution in [0.25, 0.3) is 0 Å². The van der Waals surface area contributed by atoms with E-state index in [9.17, 15) is 14.4 Å². The lowest BCUT2D eigenvalue weighted by atomic mass is 9.97. The van der Waals surface area contributed by atoms with E-state index in [4.69, 9.17) is 10.8 Å². The molecule has 0 fully saturated rings. The predicted octanol–water partition coefficient (Wildman–Crippen LogP) is -0.690. The van der Waals surface area contributed by atoms with Gasteiger partial charge in [0.1, 0.15) is 12.1 Å². The second kappa shape index (κ2) is 10.0. The average molecular weight is 371 g/mol. The number of H-pyrrole nitrogens is 1. The van der Waals surface area contributed by atoms with E-state index in [2.05, 4.69) is 33.2 Å². The lowest BCUT2D eigenvalue weighted by Crippen LogP contribution is -2.57. The summed E-state index contributed by atoms with van der Waals surface area (Å²) in [5, 5.41) is 14.0. The van der Waals surface area contributed by atoms with Gasteiger partial charge in [0.2, 0.25) is 11.8 Å². The highest BCUT2D eigenvalue weighted by atomic mass is 32.1. The molecule has 1 aromatic heterocycles. The number of carbonyl (C=O) groups is 3. The maximum absolute atomic E-state index is 12.4. The number of amides is 2. The number of carbonyl (C=O) groups excluding carboxylic acids is 2. The second-order valence-corrected chi connectivity index (χ2v) is 6.21. The summed E-state index contributed by atoms with van der Waals surface area (Å²) in [5.74, 6) is -2.50. The lowest BCUT2D eigenvalue weighted by molar-refractivity contribution is -0.141. The minimum Gasteiger partial charge on any atom is -0.480 e. The van der Waals surface area contributed by atoms with Crippen LogP contribution < -0.4 is 16.4 Å². The van der Waals surface area contributed by atoms with Crippen LogP contribution in [0.5, 0.6) is 0 Å². The average Bonchev–Trinajstić information content (AvgIpc) is 3.08. The van der Waals surface area contributed by atoms with Crippen molar-refractivity contribution in [3.8, 4) is 0 Å². The SMILES string of the molecule is CCC(C)C(NC(=O)C(N)Cc1cnc[nH]1)C(=O)NC(CS)C(=O)O. The van der Waals surface area contributed by atoms with E-state index in [-0.39, 0.29) is 18.1 Å². The number of aliphatic carboxylic acids is 1. The van der Waals surface area contributed by atoms with Gasteiger partial charge in [0.15, 0.2) is 0 Å². The molecule has 0 aliphatic carbocycles. The molecule has 0 aliphatic rings. The van der Waals surface area contributed by atoms with Gasteiger partial charge in [0, 0.05) is 24.1 Å². The molecule has 1 heterocycles. The molecule has 6 N–H and O–H groups in total.